The molecular formula is C10H13N3O4S. The number of nitrogens with zero attached hydrogens (tertiary/aromatic N) is 2. The molecule has 2 N–H and O–H groups in total. The monoisotopic (exact) mass is 271 g/mol. The van der Waals surface area contributed by atoms with Crippen molar-refractivity contribution in [3.63, 3.8) is 0 Å². The number of nitrogen functional groups attached to an aromatic ring is 1. The Bertz CT molecular complexity index is 504. The van der Waals surface area contributed by atoms with Gasteiger partial charge >= 0.3 is 11.7 Å². The zero-order valence-electron chi connectivity index (χ0n) is 9.74. The molecule has 2 atom stereocenters. The summed E-state index contributed by atoms with van der Waals surface area (Å²) in [6.45, 7) is 2.02. The Hall–Kier alpha value is -1.54. The molecule has 1 fully saturated rings. The Morgan fingerprint density at radius 2 is 2.56 bits per heavy atom. The van der Waals surface area contributed by atoms with Crippen molar-refractivity contribution in [2.45, 2.75) is 18.6 Å². The number of rotatable bonds is 3. The second-order valence-electron chi connectivity index (χ2n) is 3.55. The molecule has 2 rings (SSSR count). The maximum atomic E-state index is 11.6. The van der Waals surface area contributed by atoms with Crippen LogP contribution in [0.4, 0.5) is 5.82 Å². The van der Waals surface area contributed by atoms with Crippen molar-refractivity contribution in [1.29, 1.82) is 0 Å². The number of nitrogens with two attached hydrogens (primary N) is 1. The summed E-state index contributed by atoms with van der Waals surface area (Å²) in [6.07, 6.45) is 0.980. The maximum absolute atomic E-state index is 11.6. The highest BCUT2D eigenvalue weighted by molar-refractivity contribution is 8.00. The molecule has 0 amide bonds. The van der Waals surface area contributed by atoms with Crippen LogP contribution in [0.25, 0.3) is 0 Å². The van der Waals surface area contributed by atoms with E-state index in [0.29, 0.717) is 12.4 Å². The molecule has 98 valence electrons. The number of esters is 1. The molecule has 1 aromatic rings. The number of aromatic nitrogens is 2. The molecule has 1 aromatic heterocycles. The average molecular weight is 271 g/mol. The summed E-state index contributed by atoms with van der Waals surface area (Å²) in [6, 6.07) is 1.51. The molecule has 0 spiro atoms. The van der Waals surface area contributed by atoms with Crippen molar-refractivity contribution in [1.82, 2.24) is 9.55 Å². The molecule has 1 aliphatic rings. The van der Waals surface area contributed by atoms with Gasteiger partial charge in [-0.3, -0.25) is 4.57 Å². The van der Waals surface area contributed by atoms with Crippen LogP contribution < -0.4 is 11.4 Å². The van der Waals surface area contributed by atoms with Crippen molar-refractivity contribution in [3.8, 4) is 0 Å². The number of hydrogen-bond acceptors (Lipinski definition) is 7. The maximum Gasteiger partial charge on any atom is 0.351 e. The van der Waals surface area contributed by atoms with Crippen LogP contribution in [0, 0.1) is 0 Å². The third-order valence-electron chi connectivity index (χ3n) is 2.31. The minimum atomic E-state index is -0.695. The fourth-order valence-electron chi connectivity index (χ4n) is 1.52. The van der Waals surface area contributed by atoms with Gasteiger partial charge in [0.2, 0.25) is 5.44 Å². The summed E-state index contributed by atoms with van der Waals surface area (Å²) in [5.41, 5.74) is 4.21. The van der Waals surface area contributed by atoms with Crippen LogP contribution in [0.1, 0.15) is 13.2 Å². The van der Waals surface area contributed by atoms with Gasteiger partial charge in [0.05, 0.1) is 6.61 Å². The van der Waals surface area contributed by atoms with Crippen molar-refractivity contribution in [2.75, 3.05) is 18.1 Å². The number of anilines is 1. The smallest absolute Gasteiger partial charge is 0.351 e. The zero-order valence-corrected chi connectivity index (χ0v) is 10.6. The summed E-state index contributed by atoms with van der Waals surface area (Å²) in [7, 11) is 0. The third kappa shape index (κ3) is 2.65. The lowest BCUT2D eigenvalue weighted by atomic mass is 10.5. The summed E-state index contributed by atoms with van der Waals surface area (Å²) >= 11 is 1.29. The van der Waals surface area contributed by atoms with Crippen LogP contribution in [0.15, 0.2) is 17.1 Å². The van der Waals surface area contributed by atoms with E-state index >= 15 is 0 Å². The van der Waals surface area contributed by atoms with Gasteiger partial charge in [0.25, 0.3) is 0 Å². The topological polar surface area (TPSA) is 96.4 Å². The summed E-state index contributed by atoms with van der Waals surface area (Å²) < 4.78 is 11.6. The molecule has 1 saturated heterocycles. The first-order valence-electron chi connectivity index (χ1n) is 5.40. The summed E-state index contributed by atoms with van der Waals surface area (Å²) in [4.78, 5) is 26.7. The number of thioether (sulfide) groups is 1. The van der Waals surface area contributed by atoms with E-state index in [-0.39, 0.29) is 5.82 Å². The molecule has 0 aliphatic carbocycles. The Morgan fingerprint density at radius 3 is 3.22 bits per heavy atom. The predicted octanol–water partition coefficient (Wildman–Crippen LogP) is -0.0233. The predicted molar refractivity (Wildman–Crippen MR) is 65.9 cm³/mol. The van der Waals surface area contributed by atoms with Gasteiger partial charge in [0.15, 0.2) is 0 Å². The van der Waals surface area contributed by atoms with Crippen molar-refractivity contribution < 1.29 is 14.3 Å². The van der Waals surface area contributed by atoms with Gasteiger partial charge in [-0.2, -0.15) is 4.98 Å². The Morgan fingerprint density at radius 1 is 1.78 bits per heavy atom. The lowest BCUT2D eigenvalue weighted by molar-refractivity contribution is -0.153. The van der Waals surface area contributed by atoms with E-state index in [0.717, 1.165) is 0 Å². The minimum Gasteiger partial charge on any atom is -0.463 e. The molecule has 0 aromatic carbocycles. The van der Waals surface area contributed by atoms with Gasteiger partial charge in [0, 0.05) is 11.9 Å². The highest BCUT2D eigenvalue weighted by Crippen LogP contribution is 2.31. The van der Waals surface area contributed by atoms with Crippen LogP contribution in [-0.2, 0) is 14.3 Å². The molecule has 1 aliphatic heterocycles. The van der Waals surface area contributed by atoms with E-state index in [1.54, 1.807) is 6.92 Å². The molecule has 0 radical (unpaired) electrons. The van der Waals surface area contributed by atoms with Gasteiger partial charge in [0.1, 0.15) is 12.0 Å². The second kappa shape index (κ2) is 5.40. The summed E-state index contributed by atoms with van der Waals surface area (Å²) in [5.74, 6) is 0.208. The van der Waals surface area contributed by atoms with Crippen LogP contribution >= 0.6 is 11.8 Å². The highest BCUT2D eigenvalue weighted by Gasteiger charge is 2.33. The molecule has 0 unspecified atom stereocenters. The molecule has 0 bridgehead atoms. The first-order valence-corrected chi connectivity index (χ1v) is 6.45. The van der Waals surface area contributed by atoms with Gasteiger partial charge < -0.3 is 15.2 Å². The molecule has 8 heteroatoms. The Balaban J connectivity index is 2.09. The molecule has 0 saturated carbocycles. The quantitative estimate of drug-likeness (QED) is 0.771. The molecule has 18 heavy (non-hydrogen) atoms. The average Bonchev–Trinajstić information content (AvgIpc) is 2.78. The first kappa shape index (κ1) is 12.9. The normalized spacial score (nSPS) is 22.9. The largest absolute Gasteiger partial charge is 0.463 e. The van der Waals surface area contributed by atoms with Crippen molar-refractivity contribution in [3.05, 3.63) is 22.7 Å². The van der Waals surface area contributed by atoms with E-state index in [1.807, 2.05) is 0 Å². The van der Waals surface area contributed by atoms with E-state index in [4.69, 9.17) is 15.2 Å². The van der Waals surface area contributed by atoms with Crippen LogP contribution in [0.5, 0.6) is 0 Å². The number of hydrogen-bond donors (Lipinski definition) is 1. The standard InChI is InChI=1S/C10H13N3O4S/c1-2-16-8(14)9-17-7(5-18-9)13-4-3-6(11)12-10(13)15/h3-4,7,9H,2,5H2,1H3,(H2,11,12,15)/t7-,9+/m0/s1. The van der Waals surface area contributed by atoms with Gasteiger partial charge in [-0.05, 0) is 13.0 Å². The number of ether oxygens (including phenoxy) is 2. The fourth-order valence-corrected chi connectivity index (χ4v) is 2.51. The van der Waals surface area contributed by atoms with E-state index < -0.39 is 23.3 Å². The van der Waals surface area contributed by atoms with Crippen LogP contribution in [0.2, 0.25) is 0 Å². The Labute approximate surface area is 107 Å². The lowest BCUT2D eigenvalue weighted by Crippen LogP contribution is -2.29. The molecule has 7 nitrogen and oxygen atoms in total. The van der Waals surface area contributed by atoms with E-state index in [9.17, 15) is 9.59 Å². The van der Waals surface area contributed by atoms with Crippen LogP contribution in [-0.4, -0.2) is 33.3 Å². The molecule has 2 heterocycles. The fraction of sp³-hybridized carbons (Fsp3) is 0.500. The zero-order chi connectivity index (χ0) is 13.1. The van der Waals surface area contributed by atoms with E-state index in [1.165, 1.54) is 28.6 Å². The number of carbonyl (C=O) groups is 1. The van der Waals surface area contributed by atoms with E-state index in [2.05, 4.69) is 4.98 Å². The van der Waals surface area contributed by atoms with Crippen LogP contribution in [0.3, 0.4) is 0 Å². The minimum absolute atomic E-state index is 0.156. The first-order chi connectivity index (χ1) is 8.61. The number of carbonyl (C=O) groups excluding carboxylic acids is 1. The lowest BCUT2D eigenvalue weighted by Gasteiger charge is -2.13. The van der Waals surface area contributed by atoms with Gasteiger partial charge in [-0.25, -0.2) is 9.59 Å². The van der Waals surface area contributed by atoms with Crippen molar-refractivity contribution >= 4 is 23.5 Å². The van der Waals surface area contributed by atoms with Gasteiger partial charge in [-0.15, -0.1) is 11.8 Å². The molecular weight excluding hydrogens is 258 g/mol. The summed E-state index contributed by atoms with van der Waals surface area (Å²) in [5, 5.41) is 0. The highest BCUT2D eigenvalue weighted by atomic mass is 32.2. The van der Waals surface area contributed by atoms with Gasteiger partial charge in [-0.1, -0.05) is 0 Å². The third-order valence-corrected chi connectivity index (χ3v) is 3.40. The Kier molecular flexibility index (Phi) is 3.87. The van der Waals surface area contributed by atoms with Crippen molar-refractivity contribution in [2.24, 2.45) is 0 Å². The SMILES string of the molecule is CCOC(=O)[C@@H]1O[C@H](n2ccc(N)nc2=O)CS1. The second-order valence-corrected chi connectivity index (χ2v) is 4.65.